The molecule has 0 saturated heterocycles. The maximum Gasteiger partial charge on any atom is 0.358 e. The van der Waals surface area contributed by atoms with Gasteiger partial charge in [0.05, 0.1) is 12.3 Å². The predicted octanol–water partition coefficient (Wildman–Crippen LogP) is 0.851. The third-order valence-electron chi connectivity index (χ3n) is 2.71. The molecule has 21 heavy (non-hydrogen) atoms. The fraction of sp³-hybridized carbons (Fsp3) is 0.583. The van der Waals surface area contributed by atoms with Gasteiger partial charge in [-0.3, -0.25) is 0 Å². The van der Waals surface area contributed by atoms with Gasteiger partial charge in [-0.15, -0.1) is 15.3 Å². The van der Waals surface area contributed by atoms with Gasteiger partial charge in [0.1, 0.15) is 6.54 Å². The number of nitrogens with zero attached hydrogens (tertiary/aromatic N) is 5. The minimum atomic E-state index is -1.16. The van der Waals surface area contributed by atoms with E-state index in [1.165, 1.54) is 11.8 Å². The van der Waals surface area contributed by atoms with Gasteiger partial charge >= 0.3 is 5.97 Å². The van der Waals surface area contributed by atoms with Crippen LogP contribution in [-0.4, -0.2) is 43.4 Å². The molecule has 0 aliphatic heterocycles. The number of carbonyl (C=O) groups is 1. The molecular formula is C12H17N5O4. The molecule has 0 fully saturated rings. The molecule has 114 valence electrons. The van der Waals surface area contributed by atoms with Crippen LogP contribution in [0.2, 0.25) is 0 Å². The second-order valence-electron chi connectivity index (χ2n) is 5.53. The van der Waals surface area contributed by atoms with E-state index in [1.54, 1.807) is 0 Å². The SMILES string of the molecule is COCc1c(C(=O)O)nnn1Cc1nnc(C(C)(C)C)o1. The number of hydrogen-bond acceptors (Lipinski definition) is 7. The van der Waals surface area contributed by atoms with E-state index in [0.717, 1.165) is 0 Å². The average Bonchev–Trinajstić information content (AvgIpc) is 2.98. The summed E-state index contributed by atoms with van der Waals surface area (Å²) in [4.78, 5) is 11.1. The van der Waals surface area contributed by atoms with Gasteiger partial charge in [-0.25, -0.2) is 9.48 Å². The molecule has 2 rings (SSSR count). The van der Waals surface area contributed by atoms with Crippen molar-refractivity contribution in [2.75, 3.05) is 7.11 Å². The molecule has 2 aromatic heterocycles. The molecule has 0 radical (unpaired) electrons. The number of carboxylic acid groups (broad SMARTS) is 1. The van der Waals surface area contributed by atoms with Crippen molar-refractivity contribution in [3.63, 3.8) is 0 Å². The molecule has 1 N–H and O–H groups in total. The molecule has 2 aromatic rings. The van der Waals surface area contributed by atoms with Crippen molar-refractivity contribution in [3.8, 4) is 0 Å². The number of rotatable bonds is 5. The Morgan fingerprint density at radius 2 is 2.05 bits per heavy atom. The molecule has 0 atom stereocenters. The summed E-state index contributed by atoms with van der Waals surface area (Å²) in [6.45, 7) is 6.09. The minimum absolute atomic E-state index is 0.0783. The molecule has 0 aromatic carbocycles. The minimum Gasteiger partial charge on any atom is -0.476 e. The topological polar surface area (TPSA) is 116 Å². The average molecular weight is 295 g/mol. The van der Waals surface area contributed by atoms with Gasteiger partial charge in [0, 0.05) is 12.5 Å². The molecule has 9 heteroatoms. The zero-order valence-electron chi connectivity index (χ0n) is 12.3. The van der Waals surface area contributed by atoms with Gasteiger partial charge in [-0.05, 0) is 0 Å². The molecule has 9 nitrogen and oxygen atoms in total. The van der Waals surface area contributed by atoms with Gasteiger partial charge in [0.25, 0.3) is 0 Å². The van der Waals surface area contributed by atoms with Crippen molar-refractivity contribution in [3.05, 3.63) is 23.2 Å². The van der Waals surface area contributed by atoms with E-state index >= 15 is 0 Å². The first-order valence-corrected chi connectivity index (χ1v) is 6.30. The Balaban J connectivity index is 2.27. The lowest BCUT2D eigenvalue weighted by molar-refractivity contribution is 0.0684. The van der Waals surface area contributed by atoms with Crippen LogP contribution in [-0.2, 0) is 23.3 Å². The van der Waals surface area contributed by atoms with Crippen LogP contribution >= 0.6 is 0 Å². The fourth-order valence-corrected chi connectivity index (χ4v) is 1.65. The Bertz CT molecular complexity index is 640. The van der Waals surface area contributed by atoms with Crippen molar-refractivity contribution in [1.82, 2.24) is 25.2 Å². The Kier molecular flexibility index (Phi) is 4.03. The van der Waals surface area contributed by atoms with Gasteiger partial charge in [0.15, 0.2) is 5.69 Å². The summed E-state index contributed by atoms with van der Waals surface area (Å²) < 4.78 is 11.9. The standard InChI is InChI=1S/C12H17N5O4/c1-12(2,3)11-15-13-8(21-11)5-17-7(6-20-4)9(10(18)19)14-16-17/h5-6H2,1-4H3,(H,18,19). The summed E-state index contributed by atoms with van der Waals surface area (Å²) >= 11 is 0. The first kappa shape index (κ1) is 15.1. The largest absolute Gasteiger partial charge is 0.476 e. The van der Waals surface area contributed by atoms with Crippen LogP contribution in [0.4, 0.5) is 0 Å². The van der Waals surface area contributed by atoms with E-state index in [4.69, 9.17) is 14.3 Å². The molecule has 2 heterocycles. The summed E-state index contributed by atoms with van der Waals surface area (Å²) in [6, 6.07) is 0. The number of ether oxygens (including phenoxy) is 1. The van der Waals surface area contributed by atoms with Crippen molar-refractivity contribution in [2.45, 2.75) is 39.3 Å². The third-order valence-corrected chi connectivity index (χ3v) is 2.71. The van der Waals surface area contributed by atoms with Gasteiger partial charge in [-0.2, -0.15) is 0 Å². The monoisotopic (exact) mass is 295 g/mol. The van der Waals surface area contributed by atoms with Crippen molar-refractivity contribution >= 4 is 5.97 Å². The van der Waals surface area contributed by atoms with Crippen molar-refractivity contribution in [1.29, 1.82) is 0 Å². The van der Waals surface area contributed by atoms with Crippen LogP contribution < -0.4 is 0 Å². The highest BCUT2D eigenvalue weighted by Crippen LogP contribution is 2.20. The molecular weight excluding hydrogens is 278 g/mol. The number of hydrogen-bond donors (Lipinski definition) is 1. The van der Waals surface area contributed by atoms with Gasteiger partial charge < -0.3 is 14.3 Å². The lowest BCUT2D eigenvalue weighted by Crippen LogP contribution is -2.11. The third kappa shape index (κ3) is 3.24. The second-order valence-corrected chi connectivity index (χ2v) is 5.53. The zero-order chi connectivity index (χ0) is 15.6. The van der Waals surface area contributed by atoms with Gasteiger partial charge in [0.2, 0.25) is 11.8 Å². The van der Waals surface area contributed by atoms with Crippen molar-refractivity contribution in [2.24, 2.45) is 0 Å². The normalized spacial score (nSPS) is 11.8. The lowest BCUT2D eigenvalue weighted by Gasteiger charge is -2.11. The van der Waals surface area contributed by atoms with E-state index in [9.17, 15) is 4.79 Å². The Labute approximate surface area is 120 Å². The Morgan fingerprint density at radius 3 is 2.57 bits per heavy atom. The van der Waals surface area contributed by atoms with E-state index in [0.29, 0.717) is 17.5 Å². The maximum absolute atomic E-state index is 11.1. The summed E-state index contributed by atoms with van der Waals surface area (Å²) in [5.41, 5.74) is -0.0530. The van der Waals surface area contributed by atoms with Crippen LogP contribution in [0.5, 0.6) is 0 Å². The highest BCUT2D eigenvalue weighted by Gasteiger charge is 2.23. The lowest BCUT2D eigenvalue weighted by atomic mass is 9.97. The molecule has 0 aliphatic carbocycles. The summed E-state index contributed by atoms with van der Waals surface area (Å²) in [5.74, 6) is -0.322. The molecule has 0 aliphatic rings. The van der Waals surface area contributed by atoms with Gasteiger partial charge in [-0.1, -0.05) is 26.0 Å². The molecule has 0 spiro atoms. The number of aromatic carboxylic acids is 1. The number of aromatic nitrogens is 5. The van der Waals surface area contributed by atoms with Crippen LogP contribution in [0.25, 0.3) is 0 Å². The molecule has 0 saturated carbocycles. The zero-order valence-corrected chi connectivity index (χ0v) is 12.3. The highest BCUT2D eigenvalue weighted by molar-refractivity contribution is 5.86. The quantitative estimate of drug-likeness (QED) is 0.863. The summed E-state index contributed by atoms with van der Waals surface area (Å²) in [5, 5.41) is 24.4. The fourth-order valence-electron chi connectivity index (χ4n) is 1.65. The van der Waals surface area contributed by atoms with E-state index in [1.807, 2.05) is 20.8 Å². The summed E-state index contributed by atoms with van der Waals surface area (Å²) in [7, 11) is 1.47. The molecule has 0 bridgehead atoms. The smallest absolute Gasteiger partial charge is 0.358 e. The Hall–Kier alpha value is -2.29. The second kappa shape index (κ2) is 5.60. The summed E-state index contributed by atoms with van der Waals surface area (Å²) in [6.07, 6.45) is 0. The van der Waals surface area contributed by atoms with E-state index < -0.39 is 5.97 Å². The predicted molar refractivity (Wildman–Crippen MR) is 69.8 cm³/mol. The van der Waals surface area contributed by atoms with E-state index in [2.05, 4.69) is 20.5 Å². The van der Waals surface area contributed by atoms with Crippen LogP contribution in [0, 0.1) is 0 Å². The van der Waals surface area contributed by atoms with Crippen LogP contribution in [0.3, 0.4) is 0 Å². The first-order valence-electron chi connectivity index (χ1n) is 6.30. The maximum atomic E-state index is 11.1. The number of carboxylic acids is 1. The molecule has 0 unspecified atom stereocenters. The first-order chi connectivity index (χ1) is 9.82. The highest BCUT2D eigenvalue weighted by atomic mass is 16.5. The Morgan fingerprint density at radius 1 is 1.33 bits per heavy atom. The van der Waals surface area contributed by atoms with Crippen LogP contribution in [0.1, 0.15) is 48.7 Å². The van der Waals surface area contributed by atoms with Crippen LogP contribution in [0.15, 0.2) is 4.42 Å². The van der Waals surface area contributed by atoms with Crippen molar-refractivity contribution < 1.29 is 19.1 Å². The molecule has 0 amide bonds. The number of methoxy groups -OCH3 is 1. The van der Waals surface area contributed by atoms with E-state index in [-0.39, 0.29) is 24.3 Å².